The minimum absolute atomic E-state index is 0.0807. The standard InChI is InChI=1S/C12H14O3/c1-14-11-4-2-3-9(6-11)5-10-7-12(13)15-8-10/h2-4,6,10H,5,7-8H2,1H3/i1+1. The first-order chi connectivity index (χ1) is 7.28. The van der Waals surface area contributed by atoms with Crippen molar-refractivity contribution < 1.29 is 14.3 Å². The normalized spacial score (nSPS) is 20.1. The predicted molar refractivity (Wildman–Crippen MR) is 55.8 cm³/mol. The number of cyclic esters (lactones) is 1. The Bertz CT molecular complexity index is 360. The smallest absolute Gasteiger partial charge is 0.306 e. The van der Waals surface area contributed by atoms with Crippen LogP contribution in [0.3, 0.4) is 0 Å². The molecule has 1 aromatic carbocycles. The van der Waals surface area contributed by atoms with Crippen molar-refractivity contribution in [3.63, 3.8) is 0 Å². The summed E-state index contributed by atoms with van der Waals surface area (Å²) in [5, 5.41) is 0. The second kappa shape index (κ2) is 4.34. The Balaban J connectivity index is 2.01. The van der Waals surface area contributed by atoms with Crippen LogP contribution in [0.15, 0.2) is 24.3 Å². The van der Waals surface area contributed by atoms with Gasteiger partial charge in [-0.3, -0.25) is 4.79 Å². The quantitative estimate of drug-likeness (QED) is 0.560. The molecule has 80 valence electrons. The first-order valence-corrected chi connectivity index (χ1v) is 5.06. The van der Waals surface area contributed by atoms with Gasteiger partial charge in [-0.15, -0.1) is 0 Å². The van der Waals surface area contributed by atoms with Gasteiger partial charge in [-0.25, -0.2) is 0 Å². The van der Waals surface area contributed by atoms with Gasteiger partial charge in [-0.2, -0.15) is 0 Å². The van der Waals surface area contributed by atoms with E-state index in [1.165, 1.54) is 5.56 Å². The molecule has 1 aliphatic heterocycles. The summed E-state index contributed by atoms with van der Waals surface area (Å²) in [6.45, 7) is 0.552. The van der Waals surface area contributed by atoms with Crippen molar-refractivity contribution >= 4 is 5.97 Å². The lowest BCUT2D eigenvalue weighted by atomic mass is 9.98. The van der Waals surface area contributed by atoms with Crippen molar-refractivity contribution in [2.75, 3.05) is 13.7 Å². The van der Waals surface area contributed by atoms with Crippen LogP contribution in [0.4, 0.5) is 0 Å². The van der Waals surface area contributed by atoms with E-state index in [9.17, 15) is 4.79 Å². The Hall–Kier alpha value is -1.51. The molecule has 15 heavy (non-hydrogen) atoms. The number of carbonyl (C=O) groups is 1. The minimum atomic E-state index is -0.0807. The third kappa shape index (κ3) is 2.49. The van der Waals surface area contributed by atoms with Crippen LogP contribution in [0.1, 0.15) is 12.0 Å². The summed E-state index contributed by atoms with van der Waals surface area (Å²) < 4.78 is 10.1. The van der Waals surface area contributed by atoms with Crippen molar-refractivity contribution in [2.45, 2.75) is 12.8 Å². The Labute approximate surface area is 89.0 Å². The molecule has 1 aliphatic rings. The van der Waals surface area contributed by atoms with E-state index < -0.39 is 0 Å². The molecule has 1 aromatic rings. The lowest BCUT2D eigenvalue weighted by Crippen LogP contribution is -2.03. The summed E-state index contributed by atoms with van der Waals surface area (Å²) in [5.74, 6) is 1.10. The fourth-order valence-electron chi connectivity index (χ4n) is 1.83. The number of ether oxygens (including phenoxy) is 2. The molecule has 1 saturated heterocycles. The molecule has 0 aliphatic carbocycles. The first kappa shape index (κ1) is 10.0. The molecule has 0 aromatic heterocycles. The molecule has 0 saturated carbocycles. The van der Waals surface area contributed by atoms with E-state index in [4.69, 9.17) is 9.47 Å². The predicted octanol–water partition coefficient (Wildman–Crippen LogP) is 1.80. The molecule has 1 heterocycles. The lowest BCUT2D eigenvalue weighted by Gasteiger charge is -2.07. The molecular formula is C12H14O3. The zero-order valence-electron chi connectivity index (χ0n) is 8.73. The van der Waals surface area contributed by atoms with Crippen molar-refractivity contribution in [1.82, 2.24) is 0 Å². The average Bonchev–Trinajstić information content (AvgIpc) is 2.64. The number of hydrogen-bond acceptors (Lipinski definition) is 3. The number of hydrogen-bond donors (Lipinski definition) is 0. The van der Waals surface area contributed by atoms with Crippen LogP contribution in [-0.4, -0.2) is 19.7 Å². The summed E-state index contributed by atoms with van der Waals surface area (Å²) in [6.07, 6.45) is 1.42. The summed E-state index contributed by atoms with van der Waals surface area (Å²) in [7, 11) is 1.65. The van der Waals surface area contributed by atoms with Gasteiger partial charge in [0.1, 0.15) is 5.75 Å². The minimum Gasteiger partial charge on any atom is -0.497 e. The van der Waals surface area contributed by atoms with Crippen LogP contribution >= 0.6 is 0 Å². The monoisotopic (exact) mass is 207 g/mol. The van der Waals surface area contributed by atoms with Gasteiger partial charge in [-0.1, -0.05) is 12.1 Å². The Morgan fingerprint density at radius 3 is 3.07 bits per heavy atom. The van der Waals surface area contributed by atoms with Crippen LogP contribution in [0.25, 0.3) is 0 Å². The summed E-state index contributed by atoms with van der Waals surface area (Å²) in [4.78, 5) is 10.9. The molecule has 2 rings (SSSR count). The van der Waals surface area contributed by atoms with Gasteiger partial charge in [0.05, 0.1) is 20.1 Å². The zero-order chi connectivity index (χ0) is 10.7. The van der Waals surface area contributed by atoms with Gasteiger partial charge < -0.3 is 9.47 Å². The summed E-state index contributed by atoms with van der Waals surface area (Å²) >= 11 is 0. The second-order valence-electron chi connectivity index (χ2n) is 3.81. The second-order valence-corrected chi connectivity index (χ2v) is 3.81. The highest BCUT2D eigenvalue weighted by Gasteiger charge is 2.23. The number of carbonyl (C=O) groups excluding carboxylic acids is 1. The molecule has 0 spiro atoms. The maximum Gasteiger partial charge on any atom is 0.306 e. The van der Waals surface area contributed by atoms with Crippen molar-refractivity contribution in [3.8, 4) is 5.75 Å². The maximum atomic E-state index is 10.9. The molecule has 1 atom stereocenters. The number of esters is 1. The zero-order valence-corrected chi connectivity index (χ0v) is 8.73. The largest absolute Gasteiger partial charge is 0.497 e. The molecular weight excluding hydrogens is 193 g/mol. The molecule has 1 fully saturated rings. The molecule has 1 unspecified atom stereocenters. The average molecular weight is 207 g/mol. The molecule has 3 nitrogen and oxygen atoms in total. The molecule has 3 heteroatoms. The van der Waals surface area contributed by atoms with Crippen LogP contribution in [0.5, 0.6) is 5.75 Å². The van der Waals surface area contributed by atoms with Gasteiger partial charge >= 0.3 is 5.97 Å². The molecule has 0 radical (unpaired) electrons. The van der Waals surface area contributed by atoms with E-state index in [1.807, 2.05) is 24.3 Å². The SMILES string of the molecule is [13CH3]Oc1cccc(CC2COC(=O)C2)c1. The fourth-order valence-corrected chi connectivity index (χ4v) is 1.83. The summed E-state index contributed by atoms with van der Waals surface area (Å²) in [5.41, 5.74) is 1.19. The highest BCUT2D eigenvalue weighted by molar-refractivity contribution is 5.71. The van der Waals surface area contributed by atoms with Crippen LogP contribution in [0.2, 0.25) is 0 Å². The van der Waals surface area contributed by atoms with E-state index >= 15 is 0 Å². The van der Waals surface area contributed by atoms with Gasteiger partial charge in [0.15, 0.2) is 0 Å². The van der Waals surface area contributed by atoms with Crippen molar-refractivity contribution in [2.24, 2.45) is 5.92 Å². The number of benzene rings is 1. The lowest BCUT2D eigenvalue weighted by molar-refractivity contribution is -0.137. The van der Waals surface area contributed by atoms with E-state index in [0.29, 0.717) is 18.9 Å². The highest BCUT2D eigenvalue weighted by atomic mass is 16.5. The van der Waals surface area contributed by atoms with Crippen LogP contribution in [-0.2, 0) is 16.0 Å². The fraction of sp³-hybridized carbons (Fsp3) is 0.417. The van der Waals surface area contributed by atoms with Gasteiger partial charge in [0.25, 0.3) is 0 Å². The molecule has 0 bridgehead atoms. The van der Waals surface area contributed by atoms with Gasteiger partial charge in [0, 0.05) is 5.92 Å². The Morgan fingerprint density at radius 2 is 2.40 bits per heavy atom. The highest BCUT2D eigenvalue weighted by Crippen LogP contribution is 2.21. The number of rotatable bonds is 3. The molecule has 0 amide bonds. The van der Waals surface area contributed by atoms with E-state index in [0.717, 1.165) is 12.2 Å². The van der Waals surface area contributed by atoms with E-state index in [2.05, 4.69) is 0 Å². The molecule has 0 N–H and O–H groups in total. The maximum absolute atomic E-state index is 10.9. The van der Waals surface area contributed by atoms with Crippen LogP contribution in [0, 0.1) is 5.92 Å². The third-order valence-corrected chi connectivity index (χ3v) is 2.59. The number of methoxy groups -OCH3 is 1. The van der Waals surface area contributed by atoms with E-state index in [1.54, 1.807) is 7.11 Å². The van der Waals surface area contributed by atoms with Gasteiger partial charge in [-0.05, 0) is 24.1 Å². The van der Waals surface area contributed by atoms with Crippen molar-refractivity contribution in [3.05, 3.63) is 29.8 Å². The van der Waals surface area contributed by atoms with E-state index in [-0.39, 0.29) is 5.97 Å². The topological polar surface area (TPSA) is 35.5 Å². The summed E-state index contributed by atoms with van der Waals surface area (Å²) in [6, 6.07) is 7.93. The van der Waals surface area contributed by atoms with Crippen LogP contribution < -0.4 is 4.74 Å². The first-order valence-electron chi connectivity index (χ1n) is 5.06. The Kier molecular flexibility index (Phi) is 2.90. The Morgan fingerprint density at radius 1 is 1.53 bits per heavy atom. The van der Waals surface area contributed by atoms with Crippen molar-refractivity contribution in [1.29, 1.82) is 0 Å². The third-order valence-electron chi connectivity index (χ3n) is 2.59. The van der Waals surface area contributed by atoms with Gasteiger partial charge in [0.2, 0.25) is 0 Å².